The summed E-state index contributed by atoms with van der Waals surface area (Å²) in [5, 5.41) is 2.89. The highest BCUT2D eigenvalue weighted by atomic mass is 16.1. The second-order valence-corrected chi connectivity index (χ2v) is 4.48. The summed E-state index contributed by atoms with van der Waals surface area (Å²) >= 11 is 0. The van der Waals surface area contributed by atoms with Crippen LogP contribution in [-0.2, 0) is 11.2 Å². The molecule has 1 heterocycles. The van der Waals surface area contributed by atoms with Gasteiger partial charge in [0.15, 0.2) is 0 Å². The quantitative estimate of drug-likeness (QED) is 0.825. The molecule has 0 radical (unpaired) electrons. The fourth-order valence-corrected chi connectivity index (χ4v) is 1.77. The van der Waals surface area contributed by atoms with E-state index in [1.165, 1.54) is 0 Å². The Morgan fingerprint density at radius 1 is 1.26 bits per heavy atom. The number of hydrogen-bond acceptors (Lipinski definition) is 3. The lowest BCUT2D eigenvalue weighted by molar-refractivity contribution is -0.116. The predicted molar refractivity (Wildman–Crippen MR) is 76.8 cm³/mol. The monoisotopic (exact) mass is 255 g/mol. The number of anilines is 2. The molecule has 0 spiro atoms. The molecule has 3 N–H and O–H groups in total. The van der Waals surface area contributed by atoms with Crippen LogP contribution in [-0.4, -0.2) is 10.9 Å². The summed E-state index contributed by atoms with van der Waals surface area (Å²) in [5.74, 6) is 0.00567. The van der Waals surface area contributed by atoms with Gasteiger partial charge in [-0.05, 0) is 42.7 Å². The molecule has 0 atom stereocenters. The van der Waals surface area contributed by atoms with Crippen molar-refractivity contribution in [3.8, 4) is 0 Å². The average molecular weight is 255 g/mol. The number of aromatic nitrogens is 1. The average Bonchev–Trinajstić information content (AvgIpc) is 2.41. The Balaban J connectivity index is 1.88. The number of hydrogen-bond donors (Lipinski definition) is 2. The molecule has 2 rings (SSSR count). The lowest BCUT2D eigenvalue weighted by atomic mass is 10.1. The zero-order valence-electron chi connectivity index (χ0n) is 10.9. The van der Waals surface area contributed by atoms with Crippen LogP contribution in [0.2, 0.25) is 0 Å². The van der Waals surface area contributed by atoms with Crippen LogP contribution in [0.4, 0.5) is 11.4 Å². The third-order valence-corrected chi connectivity index (χ3v) is 2.91. The summed E-state index contributed by atoms with van der Waals surface area (Å²) < 4.78 is 0. The zero-order valence-corrected chi connectivity index (χ0v) is 10.9. The van der Waals surface area contributed by atoms with Crippen molar-refractivity contribution in [3.05, 3.63) is 53.9 Å². The Kier molecular flexibility index (Phi) is 4.13. The molecule has 0 unspecified atom stereocenters. The molecule has 0 fully saturated rings. The minimum absolute atomic E-state index is 0.00567. The third-order valence-electron chi connectivity index (χ3n) is 2.91. The normalized spacial score (nSPS) is 10.2. The van der Waals surface area contributed by atoms with E-state index < -0.39 is 0 Å². The maximum atomic E-state index is 11.8. The van der Waals surface area contributed by atoms with E-state index in [-0.39, 0.29) is 5.91 Å². The Morgan fingerprint density at radius 3 is 2.68 bits per heavy atom. The van der Waals surface area contributed by atoms with E-state index in [0.29, 0.717) is 12.8 Å². The Bertz CT molecular complexity index is 564. The van der Waals surface area contributed by atoms with Crippen molar-refractivity contribution in [2.45, 2.75) is 19.8 Å². The van der Waals surface area contributed by atoms with Crippen molar-refractivity contribution in [1.29, 1.82) is 0 Å². The van der Waals surface area contributed by atoms with E-state index in [1.54, 1.807) is 18.5 Å². The molecule has 1 aromatic heterocycles. The number of carbonyl (C=O) groups is 1. The first-order valence-corrected chi connectivity index (χ1v) is 6.20. The molecule has 0 aliphatic rings. The van der Waals surface area contributed by atoms with Crippen molar-refractivity contribution < 1.29 is 4.79 Å². The molecule has 0 aliphatic heterocycles. The van der Waals surface area contributed by atoms with Gasteiger partial charge in [0.1, 0.15) is 0 Å². The first-order chi connectivity index (χ1) is 9.15. The molecule has 0 saturated heterocycles. The lowest BCUT2D eigenvalue weighted by Gasteiger charge is -2.07. The van der Waals surface area contributed by atoms with Crippen molar-refractivity contribution >= 4 is 17.3 Å². The number of nitrogens with zero attached hydrogens (tertiary/aromatic N) is 1. The Labute approximate surface area is 112 Å². The van der Waals surface area contributed by atoms with Crippen molar-refractivity contribution in [2.24, 2.45) is 0 Å². The van der Waals surface area contributed by atoms with Gasteiger partial charge in [0.25, 0.3) is 0 Å². The van der Waals surface area contributed by atoms with Crippen molar-refractivity contribution in [2.75, 3.05) is 11.1 Å². The minimum Gasteiger partial charge on any atom is -0.399 e. The molecule has 4 heteroatoms. The summed E-state index contributed by atoms with van der Waals surface area (Å²) in [6, 6.07) is 9.39. The number of nitrogen functional groups attached to an aromatic ring is 1. The molecule has 1 aromatic carbocycles. The smallest absolute Gasteiger partial charge is 0.224 e. The summed E-state index contributed by atoms with van der Waals surface area (Å²) in [5.41, 5.74) is 9.24. The van der Waals surface area contributed by atoms with Crippen LogP contribution < -0.4 is 11.1 Å². The minimum atomic E-state index is 0.00567. The molecule has 0 bridgehead atoms. The van der Waals surface area contributed by atoms with Crippen LogP contribution in [0.5, 0.6) is 0 Å². The van der Waals surface area contributed by atoms with Crippen LogP contribution in [0.15, 0.2) is 42.7 Å². The van der Waals surface area contributed by atoms with E-state index in [1.807, 2.05) is 31.2 Å². The second kappa shape index (κ2) is 6.00. The van der Waals surface area contributed by atoms with Crippen molar-refractivity contribution in [3.63, 3.8) is 0 Å². The second-order valence-electron chi connectivity index (χ2n) is 4.48. The summed E-state index contributed by atoms with van der Waals surface area (Å²) in [7, 11) is 0. The maximum absolute atomic E-state index is 11.8. The SMILES string of the molecule is Cc1cnccc1NC(=O)CCc1ccc(N)cc1. The number of rotatable bonds is 4. The summed E-state index contributed by atoms with van der Waals surface area (Å²) in [6.07, 6.45) is 4.56. The molecule has 2 aromatic rings. The van der Waals surface area contributed by atoms with Gasteiger partial charge in [0.2, 0.25) is 5.91 Å². The van der Waals surface area contributed by atoms with E-state index in [0.717, 1.165) is 22.5 Å². The predicted octanol–water partition coefficient (Wildman–Crippen LogP) is 2.54. The highest BCUT2D eigenvalue weighted by molar-refractivity contribution is 5.91. The van der Waals surface area contributed by atoms with E-state index in [2.05, 4.69) is 10.3 Å². The number of pyridine rings is 1. The molecule has 0 aliphatic carbocycles. The molecule has 0 saturated carbocycles. The standard InChI is InChI=1S/C15H17N3O/c1-11-10-17-9-8-14(11)18-15(19)7-4-12-2-5-13(16)6-3-12/h2-3,5-6,8-10H,4,7,16H2,1H3,(H,17,18,19). The molecule has 4 nitrogen and oxygen atoms in total. The van der Waals surface area contributed by atoms with E-state index in [4.69, 9.17) is 5.73 Å². The van der Waals surface area contributed by atoms with Gasteiger partial charge in [-0.3, -0.25) is 9.78 Å². The van der Waals surface area contributed by atoms with Crippen LogP contribution in [0.25, 0.3) is 0 Å². The summed E-state index contributed by atoms with van der Waals surface area (Å²) in [6.45, 7) is 1.92. The largest absolute Gasteiger partial charge is 0.399 e. The topological polar surface area (TPSA) is 68.0 Å². The van der Waals surface area contributed by atoms with Gasteiger partial charge in [-0.25, -0.2) is 0 Å². The van der Waals surface area contributed by atoms with Crippen LogP contribution in [0.1, 0.15) is 17.5 Å². The van der Waals surface area contributed by atoms with Gasteiger partial charge in [-0.15, -0.1) is 0 Å². The van der Waals surface area contributed by atoms with Gasteiger partial charge < -0.3 is 11.1 Å². The van der Waals surface area contributed by atoms with Crippen molar-refractivity contribution in [1.82, 2.24) is 4.98 Å². The Hall–Kier alpha value is -2.36. The van der Waals surface area contributed by atoms with Crippen LogP contribution in [0.3, 0.4) is 0 Å². The number of nitrogens with two attached hydrogens (primary N) is 1. The molecular formula is C15H17N3O. The summed E-state index contributed by atoms with van der Waals surface area (Å²) in [4.78, 5) is 15.8. The highest BCUT2D eigenvalue weighted by Gasteiger charge is 2.05. The molecule has 19 heavy (non-hydrogen) atoms. The van der Waals surface area contributed by atoms with E-state index in [9.17, 15) is 4.79 Å². The first-order valence-electron chi connectivity index (χ1n) is 6.20. The van der Waals surface area contributed by atoms with Gasteiger partial charge in [-0.2, -0.15) is 0 Å². The molecular weight excluding hydrogens is 238 g/mol. The fourth-order valence-electron chi connectivity index (χ4n) is 1.77. The molecule has 1 amide bonds. The first kappa shape index (κ1) is 13.1. The highest BCUT2D eigenvalue weighted by Crippen LogP contribution is 2.13. The van der Waals surface area contributed by atoms with Gasteiger partial charge >= 0.3 is 0 Å². The lowest BCUT2D eigenvalue weighted by Crippen LogP contribution is -2.13. The van der Waals surface area contributed by atoms with Crippen LogP contribution in [0, 0.1) is 6.92 Å². The number of aryl methyl sites for hydroxylation is 2. The van der Waals surface area contributed by atoms with Gasteiger partial charge in [-0.1, -0.05) is 12.1 Å². The van der Waals surface area contributed by atoms with Gasteiger partial charge in [0, 0.05) is 30.2 Å². The third kappa shape index (κ3) is 3.81. The fraction of sp³-hybridized carbons (Fsp3) is 0.200. The Morgan fingerprint density at radius 2 is 2.00 bits per heavy atom. The maximum Gasteiger partial charge on any atom is 0.224 e. The molecule has 98 valence electrons. The van der Waals surface area contributed by atoms with E-state index >= 15 is 0 Å². The zero-order chi connectivity index (χ0) is 13.7. The number of benzene rings is 1. The number of amides is 1. The van der Waals surface area contributed by atoms with Crippen LogP contribution >= 0.6 is 0 Å². The van der Waals surface area contributed by atoms with Gasteiger partial charge in [0.05, 0.1) is 0 Å². The number of carbonyl (C=O) groups excluding carboxylic acids is 1. The number of nitrogens with one attached hydrogen (secondary N) is 1.